The normalized spacial score (nSPS) is 18.1. The Morgan fingerprint density at radius 1 is 1.36 bits per heavy atom. The van der Waals surface area contributed by atoms with Crippen molar-refractivity contribution in [2.45, 2.75) is 19.1 Å². The van der Waals surface area contributed by atoms with Gasteiger partial charge in [-0.05, 0) is 24.3 Å². The Labute approximate surface area is 167 Å². The average molecular weight is 414 g/mol. The number of hydrogen-bond acceptors (Lipinski definition) is 8. The molecule has 142 valence electrons. The number of amidine groups is 3. The molecule has 2 aliphatic rings. The second-order valence-corrected chi connectivity index (χ2v) is 8.55. The quantitative estimate of drug-likeness (QED) is 0.572. The van der Waals surface area contributed by atoms with Crippen LogP contribution in [0.2, 0.25) is 0 Å². The molecule has 28 heavy (non-hydrogen) atoms. The Hall–Kier alpha value is -2.85. The van der Waals surface area contributed by atoms with Crippen molar-refractivity contribution in [2.75, 3.05) is 0 Å². The number of fused-ring (bicyclic) bond motifs is 2. The van der Waals surface area contributed by atoms with Crippen molar-refractivity contribution in [3.63, 3.8) is 0 Å². The van der Waals surface area contributed by atoms with Gasteiger partial charge in [-0.25, -0.2) is 4.90 Å². The van der Waals surface area contributed by atoms with Gasteiger partial charge in [0, 0.05) is 5.25 Å². The van der Waals surface area contributed by atoms with E-state index < -0.39 is 11.3 Å². The monoisotopic (exact) mass is 414 g/mol. The highest BCUT2D eigenvalue weighted by Gasteiger charge is 2.37. The number of phenolic OH excluding ortho intramolecular Hbond substituents is 1. The number of hydrogen-bond donors (Lipinski definition) is 2. The van der Waals surface area contributed by atoms with Gasteiger partial charge < -0.3 is 9.52 Å². The molecule has 0 radical (unpaired) electrons. The summed E-state index contributed by atoms with van der Waals surface area (Å²) in [6.45, 7) is 4.00. The topological polar surface area (TPSA) is 119 Å². The van der Waals surface area contributed by atoms with Crippen molar-refractivity contribution >= 4 is 62.8 Å². The molecule has 3 heterocycles. The molecular weight excluding hydrogens is 400 g/mol. The van der Waals surface area contributed by atoms with Gasteiger partial charge in [0.2, 0.25) is 5.17 Å². The molecule has 1 amide bonds. The second kappa shape index (κ2) is 6.95. The van der Waals surface area contributed by atoms with Crippen LogP contribution in [-0.4, -0.2) is 37.3 Å². The van der Waals surface area contributed by atoms with Crippen LogP contribution in [0.25, 0.3) is 17.0 Å². The number of nitrogens with zero attached hydrogens (tertiary/aromatic N) is 3. The smallest absolute Gasteiger partial charge is 0.283 e. The molecule has 0 aliphatic carbocycles. The molecular formula is C18H14N4O4S2. The van der Waals surface area contributed by atoms with E-state index in [9.17, 15) is 14.7 Å². The Balaban J connectivity index is 1.78. The third-order valence-electron chi connectivity index (χ3n) is 3.92. The van der Waals surface area contributed by atoms with Gasteiger partial charge >= 0.3 is 0 Å². The predicted molar refractivity (Wildman–Crippen MR) is 112 cm³/mol. The van der Waals surface area contributed by atoms with E-state index in [1.807, 2.05) is 13.8 Å². The molecule has 0 saturated heterocycles. The third-order valence-corrected chi connectivity index (χ3v) is 5.69. The summed E-state index contributed by atoms with van der Waals surface area (Å²) >= 11 is 2.50. The van der Waals surface area contributed by atoms with Crippen molar-refractivity contribution < 1.29 is 14.3 Å². The Morgan fingerprint density at radius 2 is 2.14 bits per heavy atom. The van der Waals surface area contributed by atoms with Gasteiger partial charge in [0.1, 0.15) is 23.4 Å². The van der Waals surface area contributed by atoms with Crippen LogP contribution in [0.3, 0.4) is 0 Å². The van der Waals surface area contributed by atoms with Crippen LogP contribution >= 0.6 is 23.7 Å². The van der Waals surface area contributed by atoms with Crippen LogP contribution in [0.15, 0.2) is 48.6 Å². The number of benzene rings is 1. The standard InChI is InChI=1S/C18H14N4O4S2/c1-8(2)27-18-21-28-17-20-16(25)12(15(19)22(17)18)5-9-7-26-13-4-3-10(23)6-11(13)14(9)24/h3-8,19,23H,1-2H3. The van der Waals surface area contributed by atoms with Gasteiger partial charge in [0.25, 0.3) is 5.91 Å². The maximum Gasteiger partial charge on any atom is 0.283 e. The minimum Gasteiger partial charge on any atom is -0.508 e. The lowest BCUT2D eigenvalue weighted by atomic mass is 10.1. The number of aliphatic imine (C=N–C) groups is 1. The first kappa shape index (κ1) is 18.5. The fraction of sp³-hybridized carbons (Fsp3) is 0.167. The van der Waals surface area contributed by atoms with E-state index in [0.717, 1.165) is 11.9 Å². The molecule has 8 nitrogen and oxygen atoms in total. The van der Waals surface area contributed by atoms with E-state index in [1.54, 1.807) is 0 Å². The highest BCUT2D eigenvalue weighted by atomic mass is 32.2. The van der Waals surface area contributed by atoms with E-state index in [1.165, 1.54) is 47.2 Å². The summed E-state index contributed by atoms with van der Waals surface area (Å²) in [5.41, 5.74) is -0.0444. The molecule has 2 N–H and O–H groups in total. The molecule has 4 rings (SSSR count). The first-order chi connectivity index (χ1) is 13.3. The van der Waals surface area contributed by atoms with Crippen molar-refractivity contribution in [3.8, 4) is 5.75 Å². The van der Waals surface area contributed by atoms with Crippen molar-refractivity contribution in [2.24, 2.45) is 9.39 Å². The van der Waals surface area contributed by atoms with E-state index in [0.29, 0.717) is 15.9 Å². The van der Waals surface area contributed by atoms with Gasteiger partial charge in [-0.1, -0.05) is 25.6 Å². The average Bonchev–Trinajstić information content (AvgIpc) is 3.02. The van der Waals surface area contributed by atoms with Gasteiger partial charge in [-0.2, -0.15) is 9.39 Å². The van der Waals surface area contributed by atoms with Crippen LogP contribution in [0.4, 0.5) is 0 Å². The number of carbonyl (C=O) groups excluding carboxylic acids is 1. The highest BCUT2D eigenvalue weighted by molar-refractivity contribution is 8.19. The van der Waals surface area contributed by atoms with Crippen molar-refractivity contribution in [1.82, 2.24) is 4.90 Å². The molecule has 0 atom stereocenters. The molecule has 0 saturated carbocycles. The molecule has 2 aromatic rings. The van der Waals surface area contributed by atoms with Gasteiger partial charge in [0.05, 0.1) is 28.5 Å². The summed E-state index contributed by atoms with van der Waals surface area (Å²) in [7, 11) is 0. The lowest BCUT2D eigenvalue weighted by Gasteiger charge is -2.24. The number of amides is 1. The van der Waals surface area contributed by atoms with Crippen molar-refractivity contribution in [3.05, 3.63) is 45.8 Å². The number of phenols is 1. The summed E-state index contributed by atoms with van der Waals surface area (Å²) in [6, 6.07) is 4.20. The lowest BCUT2D eigenvalue weighted by Crippen LogP contribution is -2.42. The van der Waals surface area contributed by atoms with Crippen LogP contribution in [0.5, 0.6) is 5.75 Å². The Morgan fingerprint density at radius 3 is 2.89 bits per heavy atom. The third kappa shape index (κ3) is 3.14. The lowest BCUT2D eigenvalue weighted by molar-refractivity contribution is -0.114. The minimum atomic E-state index is -0.620. The fourth-order valence-electron chi connectivity index (χ4n) is 2.68. The summed E-state index contributed by atoms with van der Waals surface area (Å²) < 4.78 is 9.71. The number of nitrogens with one attached hydrogen (secondary N) is 1. The van der Waals surface area contributed by atoms with E-state index in [4.69, 9.17) is 9.83 Å². The molecule has 0 bridgehead atoms. The number of thioether (sulfide) groups is 1. The molecule has 0 spiro atoms. The number of carbonyl (C=O) groups is 1. The van der Waals surface area contributed by atoms with E-state index in [2.05, 4.69) is 9.39 Å². The molecule has 10 heteroatoms. The second-order valence-electron chi connectivity index (χ2n) is 6.27. The Kier molecular flexibility index (Phi) is 4.60. The zero-order valence-corrected chi connectivity index (χ0v) is 16.4. The molecule has 0 unspecified atom stereocenters. The molecule has 2 aliphatic heterocycles. The molecule has 1 aromatic carbocycles. The van der Waals surface area contributed by atoms with Crippen LogP contribution in [-0.2, 0) is 4.79 Å². The zero-order valence-electron chi connectivity index (χ0n) is 14.8. The van der Waals surface area contributed by atoms with E-state index in [-0.39, 0.29) is 33.4 Å². The highest BCUT2D eigenvalue weighted by Crippen LogP contribution is 2.33. The first-order valence-electron chi connectivity index (χ1n) is 8.25. The SMILES string of the molecule is CC(C)SC1=NSC2=NC(=O)C(=Cc3coc4ccc(O)cc4c3=O)C(=N)N21. The van der Waals surface area contributed by atoms with Gasteiger partial charge in [0.15, 0.2) is 10.6 Å². The number of rotatable bonds is 2. The van der Waals surface area contributed by atoms with Crippen LogP contribution < -0.4 is 5.43 Å². The van der Waals surface area contributed by atoms with Crippen LogP contribution in [0, 0.1) is 5.41 Å². The summed E-state index contributed by atoms with van der Waals surface area (Å²) in [6.07, 6.45) is 2.52. The van der Waals surface area contributed by atoms with Gasteiger partial charge in [-0.15, -0.1) is 0 Å². The fourth-order valence-corrected chi connectivity index (χ4v) is 4.35. The van der Waals surface area contributed by atoms with Crippen LogP contribution in [0.1, 0.15) is 19.4 Å². The first-order valence-corrected chi connectivity index (χ1v) is 9.90. The van der Waals surface area contributed by atoms with Gasteiger partial charge in [-0.3, -0.25) is 15.0 Å². The van der Waals surface area contributed by atoms with E-state index >= 15 is 0 Å². The summed E-state index contributed by atoms with van der Waals surface area (Å²) in [5, 5.41) is 19.4. The zero-order chi connectivity index (χ0) is 20.0. The predicted octanol–water partition coefficient (Wildman–Crippen LogP) is 3.22. The van der Waals surface area contributed by atoms with Crippen molar-refractivity contribution in [1.29, 1.82) is 5.41 Å². The molecule has 0 fully saturated rings. The number of aromatic hydroxyl groups is 1. The molecule has 1 aromatic heterocycles. The summed E-state index contributed by atoms with van der Waals surface area (Å²) in [4.78, 5) is 30.7. The largest absolute Gasteiger partial charge is 0.508 e. The Bertz CT molecular complexity index is 1180. The maximum atomic E-state index is 12.7. The summed E-state index contributed by atoms with van der Waals surface area (Å²) in [5.74, 6) is -0.784. The minimum absolute atomic E-state index is 0.0323. The maximum absolute atomic E-state index is 12.7.